The molecule has 3 aromatic rings. The summed E-state index contributed by atoms with van der Waals surface area (Å²) in [5.74, 6) is -4.00. The van der Waals surface area contributed by atoms with Crippen molar-refractivity contribution < 1.29 is 36.6 Å². The molecule has 0 saturated heterocycles. The van der Waals surface area contributed by atoms with Crippen molar-refractivity contribution in [3.63, 3.8) is 0 Å². The molecular formula is C24H20F5N5O3. The number of anilines is 2. The number of hydrogen-bond acceptors (Lipinski definition) is 6. The lowest BCUT2D eigenvalue weighted by Crippen LogP contribution is -2.47. The van der Waals surface area contributed by atoms with E-state index in [0.29, 0.717) is 0 Å². The fraction of sp³-hybridized carbons (Fsp3) is 0.250. The van der Waals surface area contributed by atoms with Crippen LogP contribution in [-0.2, 0) is 16.9 Å². The normalized spacial score (nSPS) is 14.5. The van der Waals surface area contributed by atoms with E-state index in [1.807, 2.05) is 0 Å². The number of nitrogens with one attached hydrogen (secondary N) is 3. The largest absolute Gasteiger partial charge is 0.392 e. The second-order valence-electron chi connectivity index (χ2n) is 8.21. The number of fused-ring (bicyclic) bond motifs is 1. The quantitative estimate of drug-likeness (QED) is 0.353. The van der Waals surface area contributed by atoms with Gasteiger partial charge >= 0.3 is 6.18 Å². The lowest BCUT2D eigenvalue weighted by atomic mass is 9.89. The molecule has 0 radical (unpaired) electrons. The zero-order chi connectivity index (χ0) is 27.0. The zero-order valence-electron chi connectivity index (χ0n) is 19.2. The predicted molar refractivity (Wildman–Crippen MR) is 122 cm³/mol. The number of carbonyl (C=O) groups is 2. The van der Waals surface area contributed by atoms with Crippen molar-refractivity contribution >= 4 is 23.3 Å². The highest BCUT2D eigenvalue weighted by atomic mass is 19.4. The maximum atomic E-state index is 14.4. The highest BCUT2D eigenvalue weighted by molar-refractivity contribution is 6.03. The number of halogens is 5. The van der Waals surface area contributed by atoms with Crippen molar-refractivity contribution in [3.8, 4) is 11.4 Å². The van der Waals surface area contributed by atoms with Crippen LogP contribution in [0.5, 0.6) is 0 Å². The van der Waals surface area contributed by atoms with E-state index < -0.39 is 47.2 Å². The van der Waals surface area contributed by atoms with Gasteiger partial charge in [0.15, 0.2) is 11.4 Å². The molecule has 8 nitrogen and oxygen atoms in total. The zero-order valence-corrected chi connectivity index (χ0v) is 19.2. The summed E-state index contributed by atoms with van der Waals surface area (Å²) >= 11 is 0. The van der Waals surface area contributed by atoms with Gasteiger partial charge in [-0.3, -0.25) is 9.59 Å². The number of hydrogen-bond donors (Lipinski definition) is 4. The minimum absolute atomic E-state index is 0.00443. The predicted octanol–water partition coefficient (Wildman–Crippen LogP) is 3.68. The molecule has 1 aliphatic heterocycles. The maximum Gasteiger partial charge on any atom is 0.392 e. The van der Waals surface area contributed by atoms with Crippen LogP contribution in [0.15, 0.2) is 42.5 Å². The molecule has 2 aromatic carbocycles. The number of aliphatic hydroxyl groups is 1. The third-order valence-corrected chi connectivity index (χ3v) is 5.61. The van der Waals surface area contributed by atoms with Gasteiger partial charge in [0.25, 0.3) is 11.8 Å². The summed E-state index contributed by atoms with van der Waals surface area (Å²) in [5.41, 5.74) is -3.27. The lowest BCUT2D eigenvalue weighted by molar-refractivity contribution is -0.186. The first-order chi connectivity index (χ1) is 17.4. The topological polar surface area (TPSA) is 116 Å². The third-order valence-electron chi connectivity index (χ3n) is 5.61. The Morgan fingerprint density at radius 1 is 1.05 bits per heavy atom. The van der Waals surface area contributed by atoms with Gasteiger partial charge in [0.2, 0.25) is 0 Å². The van der Waals surface area contributed by atoms with Crippen molar-refractivity contribution in [2.24, 2.45) is 0 Å². The van der Waals surface area contributed by atoms with Gasteiger partial charge in [-0.1, -0.05) is 18.2 Å². The minimum Gasteiger partial charge on any atom is -0.375 e. The summed E-state index contributed by atoms with van der Waals surface area (Å²) in [7, 11) is 0. The number of nitrogens with zero attached hydrogens (tertiary/aromatic N) is 2. The van der Waals surface area contributed by atoms with Crippen LogP contribution in [0.4, 0.5) is 33.5 Å². The Balaban J connectivity index is 1.71. The van der Waals surface area contributed by atoms with Gasteiger partial charge in [0.05, 0.1) is 24.2 Å². The van der Waals surface area contributed by atoms with E-state index in [-0.39, 0.29) is 47.2 Å². The molecule has 13 heteroatoms. The first kappa shape index (κ1) is 25.9. The molecule has 194 valence electrons. The van der Waals surface area contributed by atoms with Crippen LogP contribution >= 0.6 is 0 Å². The van der Waals surface area contributed by atoms with Crippen LogP contribution in [0, 0.1) is 11.6 Å². The molecular weight excluding hydrogens is 501 g/mol. The van der Waals surface area contributed by atoms with Gasteiger partial charge in [-0.2, -0.15) is 13.2 Å². The molecule has 0 spiro atoms. The number of rotatable bonds is 7. The highest BCUT2D eigenvalue weighted by Gasteiger charge is 2.47. The fourth-order valence-electron chi connectivity index (χ4n) is 3.92. The molecule has 1 aliphatic rings. The van der Waals surface area contributed by atoms with Crippen molar-refractivity contribution in [1.29, 1.82) is 0 Å². The number of likely N-dealkylation sites (N-methyl/N-ethyl adjacent to an activating group) is 1. The number of benzene rings is 2. The average molecular weight is 521 g/mol. The van der Waals surface area contributed by atoms with E-state index in [1.165, 1.54) is 25.1 Å². The second-order valence-corrected chi connectivity index (χ2v) is 8.21. The molecule has 0 unspecified atom stereocenters. The first-order valence-corrected chi connectivity index (χ1v) is 11.0. The number of aromatic nitrogens is 2. The van der Waals surface area contributed by atoms with E-state index >= 15 is 0 Å². The molecule has 1 aromatic heterocycles. The van der Waals surface area contributed by atoms with Crippen molar-refractivity contribution in [2.45, 2.75) is 31.7 Å². The summed E-state index contributed by atoms with van der Waals surface area (Å²) in [6, 6.07) is 7.99. The molecule has 0 aliphatic carbocycles. The highest BCUT2D eigenvalue weighted by Crippen LogP contribution is 2.36. The van der Waals surface area contributed by atoms with Gasteiger partial charge in [0.1, 0.15) is 23.0 Å². The van der Waals surface area contributed by atoms with E-state index in [1.54, 1.807) is 0 Å². The van der Waals surface area contributed by atoms with Crippen LogP contribution in [0.3, 0.4) is 0 Å². The molecule has 2 amide bonds. The maximum absolute atomic E-state index is 14.4. The monoisotopic (exact) mass is 521 g/mol. The Morgan fingerprint density at radius 3 is 2.30 bits per heavy atom. The van der Waals surface area contributed by atoms with Crippen LogP contribution in [0.25, 0.3) is 11.4 Å². The minimum atomic E-state index is -4.84. The Bertz CT molecular complexity index is 1340. The average Bonchev–Trinajstić information content (AvgIpc) is 3.19. The Kier molecular flexibility index (Phi) is 6.82. The summed E-state index contributed by atoms with van der Waals surface area (Å²) in [6.07, 6.45) is -6.65. The number of alkyl halides is 3. The molecule has 0 bridgehead atoms. The standard InChI is InChI=1S/C24H20F5N5O3/c1-2-30-22(36)23(37,11-24(27,28)29)12-6-8-13(9-7-12)32-20-18-16(10-31-21(18)35)33-19(34-20)17-14(25)4-3-5-15(17)26/h3-9,37H,2,10-11H2,1H3,(H,30,36)(H,31,35)(H,32,33,34)/t23-/m1/s1. The molecule has 1 atom stereocenters. The summed E-state index contributed by atoms with van der Waals surface area (Å²) < 4.78 is 68.1. The van der Waals surface area contributed by atoms with Gasteiger partial charge in [-0.05, 0) is 36.8 Å². The van der Waals surface area contributed by atoms with Crippen molar-refractivity contribution in [3.05, 3.63) is 70.9 Å². The van der Waals surface area contributed by atoms with Gasteiger partial charge < -0.3 is 21.1 Å². The fourth-order valence-corrected chi connectivity index (χ4v) is 3.92. The van der Waals surface area contributed by atoms with E-state index in [2.05, 4.69) is 25.9 Å². The smallest absolute Gasteiger partial charge is 0.375 e. The number of amides is 2. The Morgan fingerprint density at radius 2 is 1.70 bits per heavy atom. The van der Waals surface area contributed by atoms with Crippen molar-refractivity contribution in [2.75, 3.05) is 11.9 Å². The van der Waals surface area contributed by atoms with Gasteiger partial charge in [-0.15, -0.1) is 0 Å². The molecule has 4 rings (SSSR count). The summed E-state index contributed by atoms with van der Waals surface area (Å²) in [6.45, 7) is 1.49. The van der Waals surface area contributed by atoms with Gasteiger partial charge in [-0.25, -0.2) is 18.7 Å². The molecule has 2 heterocycles. The summed E-state index contributed by atoms with van der Waals surface area (Å²) in [5, 5.41) is 18.2. The Labute approximate surface area is 206 Å². The summed E-state index contributed by atoms with van der Waals surface area (Å²) in [4.78, 5) is 32.9. The van der Waals surface area contributed by atoms with E-state index in [4.69, 9.17) is 0 Å². The van der Waals surface area contributed by atoms with Crippen LogP contribution in [0.2, 0.25) is 0 Å². The number of carbonyl (C=O) groups excluding carboxylic acids is 2. The molecule has 0 saturated carbocycles. The van der Waals surface area contributed by atoms with E-state index in [0.717, 1.165) is 24.3 Å². The van der Waals surface area contributed by atoms with Crippen LogP contribution < -0.4 is 16.0 Å². The van der Waals surface area contributed by atoms with Crippen molar-refractivity contribution in [1.82, 2.24) is 20.6 Å². The van der Waals surface area contributed by atoms with Gasteiger partial charge in [0, 0.05) is 12.2 Å². The Hall–Kier alpha value is -4.13. The second kappa shape index (κ2) is 9.73. The lowest BCUT2D eigenvalue weighted by Gasteiger charge is -2.28. The van der Waals surface area contributed by atoms with E-state index in [9.17, 15) is 36.6 Å². The SMILES string of the molecule is CCNC(=O)[C@@](O)(CC(F)(F)F)c1ccc(Nc2nc(-c3c(F)cccc3F)nc3c2C(=O)NC3)cc1. The third kappa shape index (κ3) is 5.21. The van der Waals surface area contributed by atoms with Crippen LogP contribution in [-0.4, -0.2) is 39.6 Å². The molecule has 37 heavy (non-hydrogen) atoms. The van der Waals surface area contributed by atoms with Crippen LogP contribution in [0.1, 0.15) is 35.0 Å². The molecule has 4 N–H and O–H groups in total. The first-order valence-electron chi connectivity index (χ1n) is 11.0. The molecule has 0 fully saturated rings.